The number of hydrogen-bond acceptors (Lipinski definition) is 8. The summed E-state index contributed by atoms with van der Waals surface area (Å²) >= 11 is 0. The van der Waals surface area contributed by atoms with Crippen molar-refractivity contribution >= 4 is 19.6 Å². The van der Waals surface area contributed by atoms with Gasteiger partial charge in [-0.2, -0.15) is 5.26 Å². The van der Waals surface area contributed by atoms with Crippen LogP contribution in [0.1, 0.15) is 12.5 Å². The molecule has 10 heteroatoms. The Labute approximate surface area is 157 Å². The van der Waals surface area contributed by atoms with Crippen LogP contribution in [-0.4, -0.2) is 25.7 Å². The summed E-state index contributed by atoms with van der Waals surface area (Å²) in [6.45, 7) is 2.43. The van der Waals surface area contributed by atoms with Gasteiger partial charge in [0.2, 0.25) is 0 Å². The molecule has 0 aliphatic rings. The highest BCUT2D eigenvalue weighted by Crippen LogP contribution is 2.31. The summed E-state index contributed by atoms with van der Waals surface area (Å²) in [6, 6.07) is 13.2. The molecule has 2 aromatic carbocycles. The van der Waals surface area contributed by atoms with Gasteiger partial charge in [0.25, 0.3) is 5.69 Å². The Hall–Kier alpha value is -2.92. The Bertz CT molecular complexity index is 814. The Morgan fingerprint density at radius 2 is 1.74 bits per heavy atom. The van der Waals surface area contributed by atoms with Crippen LogP contribution in [0, 0.1) is 21.4 Å². The molecule has 0 fully saturated rings. The molecule has 0 spiro atoms. The highest BCUT2D eigenvalue weighted by molar-refractivity contribution is 7.33. The lowest BCUT2D eigenvalue weighted by Crippen LogP contribution is -2.01. The van der Waals surface area contributed by atoms with E-state index >= 15 is 0 Å². The topological polar surface area (TPSA) is 124 Å². The number of nitro benzene ring substituents is 1. The first-order valence-corrected chi connectivity index (χ1v) is 8.99. The largest absolute Gasteiger partial charge is 0.457 e. The molecule has 0 heterocycles. The van der Waals surface area contributed by atoms with Gasteiger partial charge in [0.15, 0.2) is 0 Å². The van der Waals surface area contributed by atoms with E-state index in [-0.39, 0.29) is 5.69 Å². The van der Waals surface area contributed by atoms with Crippen LogP contribution in [-0.2, 0) is 13.6 Å². The van der Waals surface area contributed by atoms with Crippen molar-refractivity contribution in [3.8, 4) is 17.6 Å². The summed E-state index contributed by atoms with van der Waals surface area (Å²) in [4.78, 5) is 10.5. The predicted octanol–water partition coefficient (Wildman–Crippen LogP) is 4.36. The van der Waals surface area contributed by atoms with Gasteiger partial charge in [-0.3, -0.25) is 14.7 Å². The maximum Gasteiger partial charge on any atom is 0.318 e. The standard InChI is InChI=1S/C15H13N3O3.C2H7O3P/c1-2-17-14-9-13(7-8-15(14)18(19)20)21-12-5-3-11(10-16)4-6-12;1-4-6(3)5-2/h3-9,17H,2H2,1H3;6H,1-2H3. The number of hydrogen-bond donors (Lipinski definition) is 1. The average molecular weight is 393 g/mol. The van der Waals surface area contributed by atoms with Crippen LogP contribution in [0.3, 0.4) is 0 Å². The quantitative estimate of drug-likeness (QED) is 0.418. The van der Waals surface area contributed by atoms with Gasteiger partial charge >= 0.3 is 8.25 Å². The third kappa shape index (κ3) is 7.46. The van der Waals surface area contributed by atoms with Gasteiger partial charge in [-0.05, 0) is 37.3 Å². The number of nitrogens with zero attached hydrogens (tertiary/aromatic N) is 2. The molecule has 27 heavy (non-hydrogen) atoms. The first kappa shape index (κ1) is 22.1. The van der Waals surface area contributed by atoms with E-state index in [1.165, 1.54) is 26.4 Å². The molecule has 0 atom stereocenters. The third-order valence-electron chi connectivity index (χ3n) is 3.08. The molecule has 0 aliphatic carbocycles. The fraction of sp³-hybridized carbons (Fsp3) is 0.235. The van der Waals surface area contributed by atoms with Gasteiger partial charge in [-0.15, -0.1) is 0 Å². The van der Waals surface area contributed by atoms with E-state index in [0.29, 0.717) is 29.3 Å². The van der Waals surface area contributed by atoms with Crippen molar-refractivity contribution in [2.75, 3.05) is 26.1 Å². The van der Waals surface area contributed by atoms with E-state index < -0.39 is 13.2 Å². The monoisotopic (exact) mass is 393 g/mol. The molecule has 0 radical (unpaired) electrons. The van der Waals surface area contributed by atoms with Gasteiger partial charge in [0.05, 0.1) is 16.6 Å². The summed E-state index contributed by atoms with van der Waals surface area (Å²) in [7, 11) is 0.558. The van der Waals surface area contributed by atoms with Crippen molar-refractivity contribution in [2.45, 2.75) is 6.92 Å². The molecule has 2 rings (SSSR count). The Kier molecular flexibility index (Phi) is 9.54. The fourth-order valence-electron chi connectivity index (χ4n) is 1.89. The Balaban J connectivity index is 0.000000527. The Morgan fingerprint density at radius 1 is 1.15 bits per heavy atom. The molecule has 0 aliphatic heterocycles. The molecule has 144 valence electrons. The lowest BCUT2D eigenvalue weighted by Gasteiger charge is -2.09. The minimum Gasteiger partial charge on any atom is -0.457 e. The number of nitriles is 1. The van der Waals surface area contributed by atoms with E-state index in [0.717, 1.165) is 0 Å². The molecule has 1 N–H and O–H groups in total. The summed E-state index contributed by atoms with van der Waals surface area (Å²) in [5, 5.41) is 22.6. The van der Waals surface area contributed by atoms with Crippen LogP contribution in [0.15, 0.2) is 42.5 Å². The number of nitrogens with one attached hydrogen (secondary N) is 1. The van der Waals surface area contributed by atoms with Crippen LogP contribution in [0.5, 0.6) is 11.5 Å². The third-order valence-corrected chi connectivity index (χ3v) is 3.75. The number of anilines is 1. The maximum atomic E-state index is 10.9. The zero-order valence-electron chi connectivity index (χ0n) is 15.1. The second-order valence-corrected chi connectivity index (χ2v) is 6.18. The normalized spacial score (nSPS) is 9.74. The molecule has 0 amide bonds. The molecule has 0 saturated carbocycles. The summed E-state index contributed by atoms with van der Waals surface area (Å²) < 4.78 is 24.0. The number of rotatable bonds is 7. The van der Waals surface area contributed by atoms with E-state index in [1.54, 1.807) is 30.3 Å². The van der Waals surface area contributed by atoms with E-state index in [9.17, 15) is 14.7 Å². The van der Waals surface area contributed by atoms with Crippen molar-refractivity contribution in [1.82, 2.24) is 0 Å². The smallest absolute Gasteiger partial charge is 0.318 e. The van der Waals surface area contributed by atoms with Crippen LogP contribution >= 0.6 is 8.25 Å². The highest BCUT2D eigenvalue weighted by Gasteiger charge is 2.14. The molecular formula is C17H20N3O6P. The molecule has 2 aromatic rings. The predicted molar refractivity (Wildman–Crippen MR) is 102 cm³/mol. The van der Waals surface area contributed by atoms with E-state index in [2.05, 4.69) is 14.4 Å². The zero-order valence-corrected chi connectivity index (χ0v) is 16.1. The van der Waals surface area contributed by atoms with Crippen LogP contribution in [0.2, 0.25) is 0 Å². The van der Waals surface area contributed by atoms with E-state index in [4.69, 9.17) is 10.00 Å². The van der Waals surface area contributed by atoms with Crippen LogP contribution in [0.4, 0.5) is 11.4 Å². The summed E-state index contributed by atoms with van der Waals surface area (Å²) in [5.41, 5.74) is 0.956. The SMILES string of the molecule is CCNc1cc(Oc2ccc(C#N)cc2)ccc1[N+](=O)[O-].CO[PH](=O)OC. The summed E-state index contributed by atoms with van der Waals surface area (Å²) in [6.07, 6.45) is 0. The van der Waals surface area contributed by atoms with Crippen molar-refractivity contribution in [3.05, 3.63) is 58.1 Å². The number of benzene rings is 2. The number of nitro groups is 1. The molecule has 0 saturated heterocycles. The lowest BCUT2D eigenvalue weighted by molar-refractivity contribution is -0.384. The molecule has 0 bridgehead atoms. The first-order valence-electron chi connectivity index (χ1n) is 7.77. The van der Waals surface area contributed by atoms with E-state index in [1.807, 2.05) is 13.0 Å². The molecule has 0 unspecified atom stereocenters. The molecule has 0 aromatic heterocycles. The second kappa shape index (κ2) is 11.6. The molecular weight excluding hydrogens is 373 g/mol. The van der Waals surface area contributed by atoms with Crippen molar-refractivity contribution < 1.29 is 23.3 Å². The Morgan fingerprint density at radius 3 is 2.19 bits per heavy atom. The van der Waals surface area contributed by atoms with Crippen LogP contribution < -0.4 is 10.1 Å². The summed E-state index contributed by atoms with van der Waals surface area (Å²) in [5.74, 6) is 1.05. The minimum absolute atomic E-state index is 0.00373. The first-order chi connectivity index (χ1) is 12.9. The minimum atomic E-state index is -2.12. The van der Waals surface area contributed by atoms with Gasteiger partial charge in [-0.1, -0.05) is 0 Å². The van der Waals surface area contributed by atoms with Gasteiger partial charge in [0, 0.05) is 32.9 Å². The fourth-order valence-corrected chi connectivity index (χ4v) is 2.05. The highest BCUT2D eigenvalue weighted by atomic mass is 31.1. The van der Waals surface area contributed by atoms with Crippen molar-refractivity contribution in [1.29, 1.82) is 5.26 Å². The van der Waals surface area contributed by atoms with Crippen molar-refractivity contribution in [3.63, 3.8) is 0 Å². The second-order valence-electron chi connectivity index (χ2n) is 4.86. The zero-order chi connectivity index (χ0) is 20.2. The number of ether oxygens (including phenoxy) is 1. The lowest BCUT2D eigenvalue weighted by atomic mass is 10.2. The van der Waals surface area contributed by atoms with Gasteiger partial charge in [-0.25, -0.2) is 0 Å². The van der Waals surface area contributed by atoms with Gasteiger partial charge < -0.3 is 19.1 Å². The van der Waals surface area contributed by atoms with Crippen molar-refractivity contribution in [2.24, 2.45) is 0 Å². The maximum absolute atomic E-state index is 10.9. The van der Waals surface area contributed by atoms with Gasteiger partial charge in [0.1, 0.15) is 17.2 Å². The molecule has 9 nitrogen and oxygen atoms in total. The average Bonchev–Trinajstić information content (AvgIpc) is 2.68. The van der Waals surface area contributed by atoms with Crippen LogP contribution in [0.25, 0.3) is 0 Å².